The first-order chi connectivity index (χ1) is 16.4. The zero-order chi connectivity index (χ0) is 24.5. The van der Waals surface area contributed by atoms with Gasteiger partial charge in [0.15, 0.2) is 0 Å². The maximum Gasteiger partial charge on any atom is 0.243 e. The molecule has 1 N–H and O–H groups in total. The van der Waals surface area contributed by atoms with Crippen LogP contribution < -0.4 is 5.32 Å². The number of aryl methyl sites for hydroxylation is 1. The third-order valence-electron chi connectivity index (χ3n) is 6.01. The molecule has 0 bridgehead atoms. The molecule has 0 radical (unpaired) electrons. The summed E-state index contributed by atoms with van der Waals surface area (Å²) in [5.74, 6) is -0.181. The summed E-state index contributed by atoms with van der Waals surface area (Å²) in [6.07, 6.45) is 1.53. The summed E-state index contributed by atoms with van der Waals surface area (Å²) in [5, 5.41) is 3.11. The number of nitrogens with one attached hydrogen (secondary N) is 1. The summed E-state index contributed by atoms with van der Waals surface area (Å²) in [4.78, 5) is 28.9. The molecule has 4 nitrogen and oxygen atoms in total. The van der Waals surface area contributed by atoms with E-state index in [1.54, 1.807) is 4.90 Å². The van der Waals surface area contributed by atoms with Crippen LogP contribution in [-0.4, -0.2) is 28.8 Å². The van der Waals surface area contributed by atoms with Gasteiger partial charge >= 0.3 is 0 Å². The number of carbonyl (C=O) groups is 2. The van der Waals surface area contributed by atoms with Crippen molar-refractivity contribution in [1.29, 1.82) is 0 Å². The Morgan fingerprint density at radius 2 is 1.50 bits per heavy atom. The first-order valence-corrected chi connectivity index (χ1v) is 12.6. The highest BCUT2D eigenvalue weighted by molar-refractivity contribution is 9.10. The third-order valence-corrected chi connectivity index (χ3v) is 6.54. The Morgan fingerprint density at radius 1 is 0.882 bits per heavy atom. The number of hydrogen-bond acceptors (Lipinski definition) is 2. The van der Waals surface area contributed by atoms with E-state index in [0.717, 1.165) is 33.1 Å². The molecule has 0 aliphatic rings. The molecule has 2 atom stereocenters. The van der Waals surface area contributed by atoms with Crippen molar-refractivity contribution in [2.75, 3.05) is 0 Å². The fraction of sp³-hybridized carbons (Fsp3) is 0.310. The van der Waals surface area contributed by atoms with Gasteiger partial charge in [-0.2, -0.15) is 0 Å². The average Bonchev–Trinajstić information content (AvgIpc) is 2.84. The normalized spacial score (nSPS) is 12.6. The number of benzene rings is 3. The molecular formula is C29H33BrN2O2. The van der Waals surface area contributed by atoms with E-state index < -0.39 is 6.04 Å². The van der Waals surface area contributed by atoms with Crippen molar-refractivity contribution < 1.29 is 9.59 Å². The number of nitrogens with zero attached hydrogens (tertiary/aromatic N) is 1. The minimum atomic E-state index is -0.613. The molecule has 3 rings (SSSR count). The van der Waals surface area contributed by atoms with E-state index in [4.69, 9.17) is 0 Å². The lowest BCUT2D eigenvalue weighted by molar-refractivity contribution is -0.141. The highest BCUT2D eigenvalue weighted by Crippen LogP contribution is 2.19. The fourth-order valence-electron chi connectivity index (χ4n) is 3.76. The first kappa shape index (κ1) is 25.7. The summed E-state index contributed by atoms with van der Waals surface area (Å²) in [5.41, 5.74) is 4.10. The van der Waals surface area contributed by atoms with Crippen molar-refractivity contribution in [1.82, 2.24) is 10.2 Å². The van der Waals surface area contributed by atoms with E-state index in [2.05, 4.69) is 21.2 Å². The van der Waals surface area contributed by atoms with Crippen molar-refractivity contribution in [3.8, 4) is 0 Å². The summed E-state index contributed by atoms with van der Waals surface area (Å²) in [6, 6.07) is 25.2. The molecule has 0 saturated heterocycles. The molecule has 34 heavy (non-hydrogen) atoms. The molecule has 3 aromatic carbocycles. The molecule has 0 aliphatic carbocycles. The molecule has 0 fully saturated rings. The minimum Gasteiger partial charge on any atom is -0.352 e. The highest BCUT2D eigenvalue weighted by Gasteiger charge is 2.31. The van der Waals surface area contributed by atoms with E-state index >= 15 is 0 Å². The Hall–Kier alpha value is -2.92. The van der Waals surface area contributed by atoms with Crippen LogP contribution >= 0.6 is 15.9 Å². The van der Waals surface area contributed by atoms with Gasteiger partial charge in [0.25, 0.3) is 0 Å². The van der Waals surface area contributed by atoms with Crippen LogP contribution in [-0.2, 0) is 29.0 Å². The second-order valence-electron chi connectivity index (χ2n) is 8.83. The quantitative estimate of drug-likeness (QED) is 0.364. The summed E-state index contributed by atoms with van der Waals surface area (Å²) < 4.78 is 0.976. The summed E-state index contributed by atoms with van der Waals surface area (Å²) in [6.45, 7) is 6.42. The molecule has 0 saturated carbocycles. The van der Waals surface area contributed by atoms with Crippen LogP contribution in [0.2, 0.25) is 0 Å². The maximum absolute atomic E-state index is 13.7. The van der Waals surface area contributed by atoms with Crippen molar-refractivity contribution >= 4 is 27.7 Å². The Morgan fingerprint density at radius 3 is 2.12 bits per heavy atom. The third kappa shape index (κ3) is 7.56. The van der Waals surface area contributed by atoms with Gasteiger partial charge < -0.3 is 10.2 Å². The Balaban J connectivity index is 1.95. The van der Waals surface area contributed by atoms with Crippen LogP contribution in [0.3, 0.4) is 0 Å². The lowest BCUT2D eigenvalue weighted by atomic mass is 10.0. The Labute approximate surface area is 211 Å². The van der Waals surface area contributed by atoms with Crippen LogP contribution in [0, 0.1) is 6.92 Å². The van der Waals surface area contributed by atoms with Crippen molar-refractivity contribution in [2.24, 2.45) is 0 Å². The standard InChI is InChI=1S/C29H33BrN2O2/c1-4-22(3)31-29(34)27(18-23-8-6-5-7-9-23)32(20-25-14-16-26(30)17-15-25)28(33)19-24-12-10-21(2)11-13-24/h5-17,22,27H,4,18-20H2,1-3H3,(H,31,34)/t22-,27+/m0/s1. The van der Waals surface area contributed by atoms with Crippen molar-refractivity contribution in [3.63, 3.8) is 0 Å². The van der Waals surface area contributed by atoms with Gasteiger partial charge in [-0.3, -0.25) is 9.59 Å². The van der Waals surface area contributed by atoms with Crippen molar-refractivity contribution in [2.45, 2.75) is 58.7 Å². The van der Waals surface area contributed by atoms with Crippen LogP contribution in [0.15, 0.2) is 83.3 Å². The molecule has 0 aliphatic heterocycles. The number of amides is 2. The number of rotatable bonds is 10. The van der Waals surface area contributed by atoms with Gasteiger partial charge in [0.2, 0.25) is 11.8 Å². The van der Waals surface area contributed by atoms with Gasteiger partial charge in [-0.1, -0.05) is 95.1 Å². The molecule has 2 amide bonds. The molecule has 5 heteroatoms. The number of hydrogen-bond donors (Lipinski definition) is 1. The molecule has 0 aromatic heterocycles. The number of halogens is 1. The van der Waals surface area contributed by atoms with E-state index in [1.807, 2.05) is 99.6 Å². The lowest BCUT2D eigenvalue weighted by Gasteiger charge is -2.32. The van der Waals surface area contributed by atoms with Gasteiger partial charge in [-0.05, 0) is 49.1 Å². The SMILES string of the molecule is CC[C@H](C)NC(=O)[C@@H](Cc1ccccc1)N(Cc1ccc(Br)cc1)C(=O)Cc1ccc(C)cc1. The topological polar surface area (TPSA) is 49.4 Å². The van der Waals surface area contributed by atoms with Crippen LogP contribution in [0.1, 0.15) is 42.5 Å². The van der Waals surface area contributed by atoms with Gasteiger partial charge in [0.1, 0.15) is 6.04 Å². The minimum absolute atomic E-state index is 0.0347. The largest absolute Gasteiger partial charge is 0.352 e. The monoisotopic (exact) mass is 520 g/mol. The molecule has 0 heterocycles. The fourth-order valence-corrected chi connectivity index (χ4v) is 4.03. The summed E-state index contributed by atoms with van der Waals surface area (Å²) in [7, 11) is 0. The van der Waals surface area contributed by atoms with Gasteiger partial charge in [0, 0.05) is 23.5 Å². The smallest absolute Gasteiger partial charge is 0.243 e. The second-order valence-corrected chi connectivity index (χ2v) is 9.75. The predicted molar refractivity (Wildman–Crippen MR) is 141 cm³/mol. The van der Waals surface area contributed by atoms with Crippen LogP contribution in [0.5, 0.6) is 0 Å². The van der Waals surface area contributed by atoms with E-state index in [9.17, 15) is 9.59 Å². The zero-order valence-electron chi connectivity index (χ0n) is 20.1. The Kier molecular flexibility index (Phi) is 9.46. The number of carbonyl (C=O) groups excluding carboxylic acids is 2. The van der Waals surface area contributed by atoms with Gasteiger partial charge in [-0.25, -0.2) is 0 Å². The van der Waals surface area contributed by atoms with Gasteiger partial charge in [0.05, 0.1) is 6.42 Å². The zero-order valence-corrected chi connectivity index (χ0v) is 21.7. The Bertz CT molecular complexity index is 1070. The maximum atomic E-state index is 13.7. The average molecular weight is 521 g/mol. The molecule has 3 aromatic rings. The first-order valence-electron chi connectivity index (χ1n) is 11.8. The highest BCUT2D eigenvalue weighted by atomic mass is 79.9. The van der Waals surface area contributed by atoms with Crippen molar-refractivity contribution in [3.05, 3.63) is 106 Å². The van der Waals surface area contributed by atoms with Gasteiger partial charge in [-0.15, -0.1) is 0 Å². The molecule has 0 unspecified atom stereocenters. The molecule has 178 valence electrons. The summed E-state index contributed by atoms with van der Waals surface area (Å²) >= 11 is 3.48. The molecule has 0 spiro atoms. The lowest BCUT2D eigenvalue weighted by Crippen LogP contribution is -2.52. The van der Waals surface area contributed by atoms with Crippen LogP contribution in [0.4, 0.5) is 0 Å². The van der Waals surface area contributed by atoms with E-state index in [1.165, 1.54) is 0 Å². The predicted octanol–water partition coefficient (Wildman–Crippen LogP) is 5.85. The molecular weight excluding hydrogens is 488 g/mol. The van der Waals surface area contributed by atoms with Crippen LogP contribution in [0.25, 0.3) is 0 Å². The van der Waals surface area contributed by atoms with E-state index in [-0.39, 0.29) is 24.3 Å². The second kappa shape index (κ2) is 12.5. The van der Waals surface area contributed by atoms with E-state index in [0.29, 0.717) is 13.0 Å².